The molecule has 1 aromatic heterocycles. The van der Waals surface area contributed by atoms with Gasteiger partial charge in [0.2, 0.25) is 0 Å². The van der Waals surface area contributed by atoms with Gasteiger partial charge in [-0.2, -0.15) is 0 Å². The highest BCUT2D eigenvalue weighted by molar-refractivity contribution is 7.86. The third-order valence-electron chi connectivity index (χ3n) is 5.42. The number of piperidine rings is 1. The summed E-state index contributed by atoms with van der Waals surface area (Å²) in [5, 5.41) is 1.97. The van der Waals surface area contributed by atoms with Crippen molar-refractivity contribution in [3.63, 3.8) is 0 Å². The normalized spacial score (nSPS) is 16.2. The number of thiophene rings is 1. The average molecular weight is 483 g/mol. The molecule has 0 bridgehead atoms. The Labute approximate surface area is 192 Å². The van der Waals surface area contributed by atoms with E-state index in [0.717, 1.165) is 40.3 Å². The minimum atomic E-state index is -4.72. The zero-order valence-corrected chi connectivity index (χ0v) is 19.1. The molecule has 0 aliphatic carbocycles. The van der Waals surface area contributed by atoms with Crippen molar-refractivity contribution in [2.45, 2.75) is 32.2 Å². The van der Waals surface area contributed by atoms with Gasteiger partial charge in [-0.1, -0.05) is 36.8 Å². The first kappa shape index (κ1) is 23.1. The number of anilines is 1. The maximum Gasteiger partial charge on any atom is 0.573 e. The average Bonchev–Trinajstić information content (AvgIpc) is 3.20. The van der Waals surface area contributed by atoms with Crippen molar-refractivity contribution in [2.24, 2.45) is 0 Å². The highest BCUT2D eigenvalue weighted by atomic mass is 32.2. The summed E-state index contributed by atoms with van der Waals surface area (Å²) in [6.07, 6.45) is -1.11. The van der Waals surface area contributed by atoms with Crippen LogP contribution in [0.2, 0.25) is 0 Å². The van der Waals surface area contributed by atoms with Crippen LogP contribution < -0.4 is 9.04 Å². The van der Waals surface area contributed by atoms with Gasteiger partial charge in [0.05, 0.1) is 12.3 Å². The maximum atomic E-state index is 13.4. The highest BCUT2D eigenvalue weighted by Crippen LogP contribution is 2.34. The Morgan fingerprint density at radius 1 is 1.03 bits per heavy atom. The molecule has 172 valence electrons. The van der Waals surface area contributed by atoms with E-state index in [0.29, 0.717) is 12.3 Å². The minimum absolute atomic E-state index is 0.263. The fourth-order valence-electron chi connectivity index (χ4n) is 3.80. The van der Waals surface area contributed by atoms with Gasteiger partial charge >= 0.3 is 6.36 Å². The Kier molecular flexibility index (Phi) is 7.37. The van der Waals surface area contributed by atoms with Crippen molar-refractivity contribution >= 4 is 37.4 Å². The number of fused-ring (bicyclic) bond motifs is 1. The van der Waals surface area contributed by atoms with E-state index in [-0.39, 0.29) is 5.75 Å². The summed E-state index contributed by atoms with van der Waals surface area (Å²) >= 11 is 1.57. The van der Waals surface area contributed by atoms with Gasteiger partial charge in [-0.15, -0.1) is 24.5 Å². The van der Waals surface area contributed by atoms with E-state index >= 15 is 0 Å². The van der Waals surface area contributed by atoms with Crippen molar-refractivity contribution < 1.29 is 22.1 Å². The van der Waals surface area contributed by atoms with Crippen LogP contribution in [0.15, 0.2) is 54.6 Å². The molecule has 1 saturated heterocycles. The SMILES string of the molecule is O=S(CCN1CCCCC1)N(Cc1ccc(OC(F)(F)F)cc1)c1cc2ccccc2s1. The van der Waals surface area contributed by atoms with Crippen LogP contribution in [-0.2, 0) is 17.5 Å². The quantitative estimate of drug-likeness (QED) is 0.397. The van der Waals surface area contributed by atoms with Crippen molar-refractivity contribution in [3.8, 4) is 5.75 Å². The summed E-state index contributed by atoms with van der Waals surface area (Å²) in [5.74, 6) is 0.254. The first-order chi connectivity index (χ1) is 15.4. The van der Waals surface area contributed by atoms with Crippen molar-refractivity contribution in [1.29, 1.82) is 0 Å². The Morgan fingerprint density at radius 2 is 1.75 bits per heavy atom. The zero-order valence-electron chi connectivity index (χ0n) is 17.5. The molecular formula is C23H25F3N2O2S2. The van der Waals surface area contributed by atoms with Gasteiger partial charge in [-0.25, -0.2) is 4.21 Å². The monoisotopic (exact) mass is 482 g/mol. The van der Waals surface area contributed by atoms with E-state index in [9.17, 15) is 17.4 Å². The van der Waals surface area contributed by atoms with E-state index in [2.05, 4.69) is 9.64 Å². The lowest BCUT2D eigenvalue weighted by molar-refractivity contribution is -0.274. The molecule has 4 rings (SSSR count). The topological polar surface area (TPSA) is 32.8 Å². The molecule has 9 heteroatoms. The van der Waals surface area contributed by atoms with Gasteiger partial charge in [0.25, 0.3) is 0 Å². The van der Waals surface area contributed by atoms with Gasteiger partial charge in [0.15, 0.2) is 0 Å². The molecule has 0 amide bonds. The third-order valence-corrected chi connectivity index (χ3v) is 8.02. The molecule has 32 heavy (non-hydrogen) atoms. The number of alkyl halides is 3. The van der Waals surface area contributed by atoms with Crippen molar-refractivity contribution in [1.82, 2.24) is 4.90 Å². The summed E-state index contributed by atoms with van der Waals surface area (Å²) in [7, 11) is -1.27. The molecule has 1 unspecified atom stereocenters. The first-order valence-electron chi connectivity index (χ1n) is 10.6. The van der Waals surface area contributed by atoms with Crippen molar-refractivity contribution in [3.05, 3.63) is 60.2 Å². The van der Waals surface area contributed by atoms with Gasteiger partial charge < -0.3 is 9.64 Å². The van der Waals surface area contributed by atoms with Crippen LogP contribution in [0.1, 0.15) is 24.8 Å². The fourth-order valence-corrected chi connectivity index (χ4v) is 6.32. The number of rotatable bonds is 8. The van der Waals surface area contributed by atoms with E-state index in [1.165, 1.54) is 31.4 Å². The fraction of sp³-hybridized carbons (Fsp3) is 0.391. The number of hydrogen-bond acceptors (Lipinski definition) is 4. The lowest BCUT2D eigenvalue weighted by Gasteiger charge is -2.28. The maximum absolute atomic E-state index is 13.4. The van der Waals surface area contributed by atoms with Crippen LogP contribution in [0.5, 0.6) is 5.75 Å². The Morgan fingerprint density at radius 3 is 2.44 bits per heavy atom. The summed E-state index contributed by atoms with van der Waals surface area (Å²) in [4.78, 5) is 2.35. The molecule has 0 saturated carbocycles. The summed E-state index contributed by atoms with van der Waals surface area (Å²) in [5.41, 5.74) is 0.767. The molecule has 1 atom stereocenters. The number of nitrogens with zero attached hydrogens (tertiary/aromatic N) is 2. The Hall–Kier alpha value is -2.10. The lowest BCUT2D eigenvalue weighted by Crippen LogP contribution is -2.36. The number of likely N-dealkylation sites (tertiary alicyclic amines) is 1. The van der Waals surface area contributed by atoms with E-state index in [4.69, 9.17) is 0 Å². The molecule has 4 nitrogen and oxygen atoms in total. The number of benzene rings is 2. The number of halogens is 3. The van der Waals surface area contributed by atoms with Crippen LogP contribution in [0.25, 0.3) is 10.1 Å². The highest BCUT2D eigenvalue weighted by Gasteiger charge is 2.31. The number of hydrogen-bond donors (Lipinski definition) is 0. The van der Waals surface area contributed by atoms with Crippen LogP contribution in [0.4, 0.5) is 18.2 Å². The number of ether oxygens (including phenoxy) is 1. The zero-order chi connectivity index (χ0) is 22.6. The Bertz CT molecular complexity index is 1010. The third kappa shape index (κ3) is 6.24. The van der Waals surface area contributed by atoms with E-state index in [1.54, 1.807) is 23.5 Å². The molecule has 3 aromatic rings. The summed E-state index contributed by atoms with van der Waals surface area (Å²) in [6, 6.07) is 15.8. The first-order valence-corrected chi connectivity index (χ1v) is 12.7. The molecule has 2 aromatic carbocycles. The summed E-state index contributed by atoms with van der Waals surface area (Å²) < 4.78 is 57.6. The molecule has 0 N–H and O–H groups in total. The van der Waals surface area contributed by atoms with Gasteiger partial charge in [-0.05, 0) is 61.1 Å². The smallest absolute Gasteiger partial charge is 0.406 e. The minimum Gasteiger partial charge on any atom is -0.406 e. The lowest BCUT2D eigenvalue weighted by atomic mass is 10.1. The molecule has 0 radical (unpaired) electrons. The molecule has 1 aliphatic heterocycles. The predicted octanol–water partition coefficient (Wildman–Crippen LogP) is 5.96. The van der Waals surface area contributed by atoms with E-state index < -0.39 is 17.3 Å². The van der Waals surface area contributed by atoms with E-state index in [1.807, 2.05) is 34.6 Å². The van der Waals surface area contributed by atoms with Gasteiger partial charge in [0, 0.05) is 11.2 Å². The van der Waals surface area contributed by atoms with Crippen LogP contribution in [-0.4, -0.2) is 40.9 Å². The molecule has 1 aliphatic rings. The summed E-state index contributed by atoms with van der Waals surface area (Å²) in [6.45, 7) is 3.19. The largest absolute Gasteiger partial charge is 0.573 e. The standard InChI is InChI=1S/C23H25F3N2O2S2/c24-23(25,26)30-20-10-8-18(9-11-20)17-28(22-16-19-6-2-3-7-21(19)31-22)32(29)15-14-27-12-4-1-5-13-27/h2-3,6-11,16H,1,4-5,12-15,17H2. The molecule has 0 spiro atoms. The van der Waals surface area contributed by atoms with Crippen LogP contribution >= 0.6 is 11.3 Å². The van der Waals surface area contributed by atoms with Crippen molar-refractivity contribution in [2.75, 3.05) is 29.7 Å². The van der Waals surface area contributed by atoms with Gasteiger partial charge in [0.1, 0.15) is 21.7 Å². The molecular weight excluding hydrogens is 457 g/mol. The molecule has 1 fully saturated rings. The second kappa shape index (κ2) is 10.2. The van der Waals surface area contributed by atoms with Crippen LogP contribution in [0, 0.1) is 0 Å². The Balaban J connectivity index is 1.52. The van der Waals surface area contributed by atoms with Crippen LogP contribution in [0.3, 0.4) is 0 Å². The van der Waals surface area contributed by atoms with Gasteiger partial charge in [-0.3, -0.25) is 4.31 Å². The second-order valence-electron chi connectivity index (χ2n) is 7.78. The molecule has 2 heterocycles. The predicted molar refractivity (Wildman–Crippen MR) is 124 cm³/mol. The second-order valence-corrected chi connectivity index (χ2v) is 10.3.